The van der Waals surface area contributed by atoms with E-state index >= 15 is 0 Å². The van der Waals surface area contributed by atoms with Crippen LogP contribution in [0.3, 0.4) is 0 Å². The molecule has 1 aromatic carbocycles. The Morgan fingerprint density at radius 1 is 1.21 bits per heavy atom. The first-order chi connectivity index (χ1) is 16.2. The average Bonchev–Trinajstić information content (AvgIpc) is 3.03. The second-order valence-electron chi connectivity index (χ2n) is 9.20. The summed E-state index contributed by atoms with van der Waals surface area (Å²) in [5, 5.41) is 30.6. The van der Waals surface area contributed by atoms with Gasteiger partial charge in [0.2, 0.25) is 5.91 Å². The molecule has 1 heterocycles. The third-order valence-electron chi connectivity index (χ3n) is 6.47. The topological polar surface area (TPSA) is 116 Å². The Morgan fingerprint density at radius 3 is 2.56 bits per heavy atom. The number of carbonyl (C=O) groups excluding carboxylic acids is 2. The molecular weight excluding hydrogens is 456 g/mol. The summed E-state index contributed by atoms with van der Waals surface area (Å²) in [6.07, 6.45) is 6.14. The van der Waals surface area contributed by atoms with E-state index in [1.165, 1.54) is 0 Å². The monoisotopic (exact) mass is 490 g/mol. The Kier molecular flexibility index (Phi) is 9.10. The fraction of sp³-hybridized carbons (Fsp3) is 0.560. The summed E-state index contributed by atoms with van der Waals surface area (Å²) in [6, 6.07) is 6.68. The van der Waals surface area contributed by atoms with Crippen molar-refractivity contribution < 1.29 is 19.8 Å². The first-order valence-corrected chi connectivity index (χ1v) is 12.4. The Morgan fingerprint density at radius 2 is 1.91 bits per heavy atom. The molecule has 1 aliphatic rings. The van der Waals surface area contributed by atoms with Gasteiger partial charge in [0.15, 0.2) is 0 Å². The van der Waals surface area contributed by atoms with Crippen LogP contribution < -0.4 is 10.6 Å². The number of aryl methyl sites for hydroxylation is 1. The lowest BCUT2D eigenvalue weighted by molar-refractivity contribution is -0.122. The molecule has 0 aliphatic heterocycles. The van der Waals surface area contributed by atoms with Gasteiger partial charge in [0.25, 0.3) is 5.91 Å². The van der Waals surface area contributed by atoms with Crippen molar-refractivity contribution in [2.24, 2.45) is 0 Å². The second kappa shape index (κ2) is 11.8. The number of nitrogens with one attached hydrogen (secondary N) is 2. The van der Waals surface area contributed by atoms with Crippen LogP contribution in [0.5, 0.6) is 0 Å². The number of rotatable bonds is 9. The molecule has 1 aromatic heterocycles. The van der Waals surface area contributed by atoms with Gasteiger partial charge in [0, 0.05) is 17.8 Å². The molecule has 186 valence electrons. The summed E-state index contributed by atoms with van der Waals surface area (Å²) in [4.78, 5) is 25.2. The Balaban J connectivity index is 1.71. The van der Waals surface area contributed by atoms with Crippen LogP contribution in [-0.4, -0.2) is 56.6 Å². The molecule has 1 fully saturated rings. The molecule has 2 aromatic rings. The van der Waals surface area contributed by atoms with E-state index < -0.39 is 5.60 Å². The molecule has 4 N–H and O–H groups in total. The minimum Gasteiger partial charge on any atom is -0.394 e. The quantitative estimate of drug-likeness (QED) is 0.403. The molecule has 1 unspecified atom stereocenters. The summed E-state index contributed by atoms with van der Waals surface area (Å²) < 4.78 is 1.59. The van der Waals surface area contributed by atoms with Crippen LogP contribution in [0.1, 0.15) is 67.9 Å². The van der Waals surface area contributed by atoms with Gasteiger partial charge in [-0.15, -0.1) is 0 Å². The molecule has 0 saturated heterocycles. The number of amides is 2. The van der Waals surface area contributed by atoms with Crippen molar-refractivity contribution in [3.05, 3.63) is 40.5 Å². The summed E-state index contributed by atoms with van der Waals surface area (Å²) in [6.45, 7) is 3.86. The molecule has 1 atom stereocenters. The van der Waals surface area contributed by atoms with Gasteiger partial charge in [0.05, 0.1) is 34.5 Å². The van der Waals surface area contributed by atoms with Gasteiger partial charge in [0.1, 0.15) is 6.54 Å². The molecule has 8 nitrogen and oxygen atoms in total. The van der Waals surface area contributed by atoms with Gasteiger partial charge in [-0.1, -0.05) is 50.3 Å². The first-order valence-electron chi connectivity index (χ1n) is 12.0. The predicted octanol–water partition coefficient (Wildman–Crippen LogP) is 3.21. The lowest BCUT2D eigenvalue weighted by Gasteiger charge is -2.26. The van der Waals surface area contributed by atoms with E-state index in [0.717, 1.165) is 31.4 Å². The fourth-order valence-corrected chi connectivity index (χ4v) is 4.46. The molecule has 2 amide bonds. The van der Waals surface area contributed by atoms with Crippen molar-refractivity contribution in [3.63, 3.8) is 0 Å². The number of carbonyl (C=O) groups is 2. The molecule has 3 rings (SSSR count). The molecule has 9 heteroatoms. The van der Waals surface area contributed by atoms with Crippen LogP contribution >= 0.6 is 11.6 Å². The smallest absolute Gasteiger partial charge is 0.252 e. The Labute approximate surface area is 205 Å². The summed E-state index contributed by atoms with van der Waals surface area (Å²) in [5.74, 6) is -0.569. The van der Waals surface area contributed by atoms with Crippen molar-refractivity contribution in [1.29, 1.82) is 0 Å². The van der Waals surface area contributed by atoms with Crippen LogP contribution in [0, 0.1) is 6.92 Å². The Bertz CT molecular complexity index is 995. The molecule has 0 radical (unpaired) electrons. The molecule has 1 saturated carbocycles. The molecule has 34 heavy (non-hydrogen) atoms. The molecule has 0 spiro atoms. The van der Waals surface area contributed by atoms with E-state index in [-0.39, 0.29) is 37.6 Å². The van der Waals surface area contributed by atoms with E-state index in [1.807, 2.05) is 19.9 Å². The average molecular weight is 491 g/mol. The highest BCUT2D eigenvalue weighted by Crippen LogP contribution is 2.28. The number of aromatic nitrogens is 2. The molecule has 0 bridgehead atoms. The van der Waals surface area contributed by atoms with Gasteiger partial charge in [-0.05, 0) is 44.4 Å². The van der Waals surface area contributed by atoms with Crippen LogP contribution in [0.25, 0.3) is 11.3 Å². The highest BCUT2D eigenvalue weighted by molar-refractivity contribution is 6.34. The zero-order chi connectivity index (χ0) is 24.7. The Hall–Kier alpha value is -2.42. The molecular formula is C25H35ClN4O4. The van der Waals surface area contributed by atoms with Crippen LogP contribution in [0.4, 0.5) is 0 Å². The van der Waals surface area contributed by atoms with Gasteiger partial charge >= 0.3 is 0 Å². The summed E-state index contributed by atoms with van der Waals surface area (Å²) >= 11 is 6.32. The van der Waals surface area contributed by atoms with Crippen LogP contribution in [0.15, 0.2) is 24.3 Å². The number of hydrogen-bond donors (Lipinski definition) is 4. The maximum absolute atomic E-state index is 12.9. The zero-order valence-electron chi connectivity index (χ0n) is 19.9. The van der Waals surface area contributed by atoms with E-state index in [2.05, 4.69) is 15.7 Å². The van der Waals surface area contributed by atoms with Crippen molar-refractivity contribution in [2.45, 2.75) is 77.0 Å². The zero-order valence-corrected chi connectivity index (χ0v) is 20.7. The van der Waals surface area contributed by atoms with Crippen molar-refractivity contribution in [2.75, 3.05) is 13.2 Å². The predicted molar refractivity (Wildman–Crippen MR) is 132 cm³/mol. The van der Waals surface area contributed by atoms with Crippen LogP contribution in [0.2, 0.25) is 5.02 Å². The number of nitrogens with zero attached hydrogens (tertiary/aromatic N) is 2. The van der Waals surface area contributed by atoms with E-state index in [1.54, 1.807) is 22.9 Å². The maximum Gasteiger partial charge on any atom is 0.252 e. The highest BCUT2D eigenvalue weighted by atomic mass is 35.5. The number of aliphatic hydroxyl groups excluding tert-OH is 1. The highest BCUT2D eigenvalue weighted by Gasteiger charge is 2.29. The fourth-order valence-electron chi connectivity index (χ4n) is 4.26. The SMILES string of the molecule is CCC(CO)NC(=O)Cn1nc(-c2ccc(Cl)c(C(=O)NCC3(O)CCCCCC3)c2)cc1C. The second-order valence-corrected chi connectivity index (χ2v) is 9.61. The summed E-state index contributed by atoms with van der Waals surface area (Å²) in [7, 11) is 0. The van der Waals surface area contributed by atoms with E-state index in [0.29, 0.717) is 41.1 Å². The minimum absolute atomic E-state index is 0.0296. The summed E-state index contributed by atoms with van der Waals surface area (Å²) in [5.41, 5.74) is 1.55. The third-order valence-corrected chi connectivity index (χ3v) is 6.80. The minimum atomic E-state index is -0.875. The number of halogens is 1. The van der Waals surface area contributed by atoms with Gasteiger partial charge < -0.3 is 20.8 Å². The van der Waals surface area contributed by atoms with Crippen molar-refractivity contribution in [1.82, 2.24) is 20.4 Å². The normalized spacial score (nSPS) is 16.5. The number of hydrogen-bond acceptors (Lipinski definition) is 5. The van der Waals surface area contributed by atoms with Crippen LogP contribution in [-0.2, 0) is 11.3 Å². The lowest BCUT2D eigenvalue weighted by Crippen LogP contribution is -2.42. The van der Waals surface area contributed by atoms with Gasteiger partial charge in [-0.2, -0.15) is 5.10 Å². The molecule has 1 aliphatic carbocycles. The van der Waals surface area contributed by atoms with Crippen molar-refractivity contribution in [3.8, 4) is 11.3 Å². The van der Waals surface area contributed by atoms with E-state index in [9.17, 15) is 19.8 Å². The van der Waals surface area contributed by atoms with Gasteiger partial charge in [-0.3, -0.25) is 14.3 Å². The maximum atomic E-state index is 12.9. The number of benzene rings is 1. The largest absolute Gasteiger partial charge is 0.394 e. The lowest BCUT2D eigenvalue weighted by atomic mass is 9.94. The van der Waals surface area contributed by atoms with Crippen molar-refractivity contribution >= 4 is 23.4 Å². The van der Waals surface area contributed by atoms with Gasteiger partial charge in [-0.25, -0.2) is 0 Å². The standard InChI is InChI=1S/C25H35ClN4O4/c1-3-19(15-31)28-23(32)14-30-17(2)12-22(29-30)18-8-9-21(26)20(13-18)24(33)27-16-25(34)10-6-4-5-7-11-25/h8-9,12-13,19,31,34H,3-7,10-11,14-16H2,1-2H3,(H,27,33)(H,28,32). The number of aliphatic hydroxyl groups is 2. The van der Waals surface area contributed by atoms with E-state index in [4.69, 9.17) is 11.6 Å². The third kappa shape index (κ3) is 6.81. The first kappa shape index (κ1) is 26.2.